The molecule has 7 nitrogen and oxygen atoms in total. The number of anilines is 1. The Morgan fingerprint density at radius 3 is 2.73 bits per heavy atom. The molecule has 1 aliphatic heterocycles. The van der Waals surface area contributed by atoms with E-state index in [0.717, 1.165) is 48.3 Å². The lowest BCUT2D eigenvalue weighted by atomic mass is 10.1. The van der Waals surface area contributed by atoms with Crippen molar-refractivity contribution in [2.75, 3.05) is 44.7 Å². The van der Waals surface area contributed by atoms with Gasteiger partial charge in [0.2, 0.25) is 10.0 Å². The number of nitrogens with one attached hydrogen (secondary N) is 3. The molecule has 1 saturated heterocycles. The Balaban J connectivity index is 1.48. The maximum atomic E-state index is 12.9. The number of H-pyrrole nitrogens is 1. The molecule has 0 radical (unpaired) electrons. The molecule has 0 aliphatic carbocycles. The highest BCUT2D eigenvalue weighted by molar-refractivity contribution is 7.89. The van der Waals surface area contributed by atoms with E-state index in [1.54, 1.807) is 25.3 Å². The number of methoxy groups -OCH3 is 1. The molecule has 9 heteroatoms. The first-order chi connectivity index (χ1) is 14.5. The van der Waals surface area contributed by atoms with Gasteiger partial charge in [0.1, 0.15) is 5.75 Å². The number of hydrogen-bond donors (Lipinski definition) is 3. The summed E-state index contributed by atoms with van der Waals surface area (Å²) in [7, 11) is -2.04. The molecule has 0 bridgehead atoms. The predicted octanol–water partition coefficient (Wildman–Crippen LogP) is 2.76. The van der Waals surface area contributed by atoms with Crippen LogP contribution in [0.3, 0.4) is 0 Å². The Morgan fingerprint density at radius 2 is 1.97 bits per heavy atom. The van der Waals surface area contributed by atoms with E-state index in [4.69, 9.17) is 16.3 Å². The van der Waals surface area contributed by atoms with Crippen LogP contribution >= 0.6 is 11.6 Å². The fourth-order valence-corrected chi connectivity index (χ4v) is 4.98. The average molecular weight is 449 g/mol. The summed E-state index contributed by atoms with van der Waals surface area (Å²) in [6.07, 6.45) is 2.47. The van der Waals surface area contributed by atoms with Crippen LogP contribution in [0.25, 0.3) is 10.9 Å². The quantitative estimate of drug-likeness (QED) is 0.517. The SMILES string of the molecule is COc1ccc(S(=O)(=O)NCCc2c[nH]c3cc(Cl)ccc23)cc1N1CCNCC1. The number of halogens is 1. The van der Waals surface area contributed by atoms with Gasteiger partial charge in [-0.05, 0) is 42.3 Å². The maximum Gasteiger partial charge on any atom is 0.240 e. The Kier molecular flexibility index (Phi) is 6.19. The topological polar surface area (TPSA) is 86.5 Å². The summed E-state index contributed by atoms with van der Waals surface area (Å²) in [5, 5.41) is 5.01. The second-order valence-electron chi connectivity index (χ2n) is 7.22. The molecule has 2 aromatic carbocycles. The van der Waals surface area contributed by atoms with Gasteiger partial charge in [0, 0.05) is 54.8 Å². The number of benzene rings is 2. The van der Waals surface area contributed by atoms with Crippen molar-refractivity contribution in [2.45, 2.75) is 11.3 Å². The third-order valence-corrected chi connectivity index (χ3v) is 7.03. The highest BCUT2D eigenvalue weighted by Crippen LogP contribution is 2.31. The number of nitrogens with zero attached hydrogens (tertiary/aromatic N) is 1. The van der Waals surface area contributed by atoms with Gasteiger partial charge >= 0.3 is 0 Å². The highest BCUT2D eigenvalue weighted by atomic mass is 35.5. The standard InChI is InChI=1S/C21H25ClN4O3S/c1-29-21-5-3-17(13-20(21)26-10-8-23-9-11-26)30(27,28)25-7-6-15-14-24-19-12-16(22)2-4-18(15)19/h2-5,12-14,23-25H,6-11H2,1H3. The minimum Gasteiger partial charge on any atom is -0.495 e. The number of ether oxygens (including phenoxy) is 1. The number of fused-ring (bicyclic) bond motifs is 1. The minimum absolute atomic E-state index is 0.238. The van der Waals surface area contributed by atoms with E-state index in [9.17, 15) is 8.42 Å². The Labute approximate surface area is 181 Å². The summed E-state index contributed by atoms with van der Waals surface area (Å²) in [5.74, 6) is 0.674. The molecule has 0 unspecified atom stereocenters. The summed E-state index contributed by atoms with van der Waals surface area (Å²) in [6.45, 7) is 3.62. The Morgan fingerprint density at radius 1 is 1.17 bits per heavy atom. The minimum atomic E-state index is -3.64. The second kappa shape index (κ2) is 8.85. The van der Waals surface area contributed by atoms with Crippen molar-refractivity contribution in [3.63, 3.8) is 0 Å². The number of aromatic amines is 1. The first kappa shape index (κ1) is 21.0. The number of rotatable bonds is 7. The molecule has 160 valence electrons. The van der Waals surface area contributed by atoms with Crippen molar-refractivity contribution in [2.24, 2.45) is 0 Å². The van der Waals surface area contributed by atoms with Crippen LogP contribution in [0.1, 0.15) is 5.56 Å². The Hall–Kier alpha value is -2.26. The molecule has 1 aromatic heterocycles. The van der Waals surface area contributed by atoms with Crippen molar-refractivity contribution < 1.29 is 13.2 Å². The van der Waals surface area contributed by atoms with Crippen LogP contribution in [0.5, 0.6) is 5.75 Å². The molecule has 0 spiro atoms. The first-order valence-corrected chi connectivity index (χ1v) is 11.7. The number of aromatic nitrogens is 1. The van der Waals surface area contributed by atoms with Gasteiger partial charge in [-0.2, -0.15) is 0 Å². The van der Waals surface area contributed by atoms with Crippen LogP contribution in [0.4, 0.5) is 5.69 Å². The monoisotopic (exact) mass is 448 g/mol. The van der Waals surface area contributed by atoms with Crippen molar-refractivity contribution in [3.05, 3.63) is 53.2 Å². The third kappa shape index (κ3) is 4.41. The van der Waals surface area contributed by atoms with Crippen LogP contribution in [-0.2, 0) is 16.4 Å². The van der Waals surface area contributed by atoms with Gasteiger partial charge in [-0.25, -0.2) is 13.1 Å². The molecule has 1 aliphatic rings. The first-order valence-electron chi connectivity index (χ1n) is 9.87. The van der Waals surface area contributed by atoms with Crippen molar-refractivity contribution >= 4 is 38.2 Å². The second-order valence-corrected chi connectivity index (χ2v) is 9.43. The van der Waals surface area contributed by atoms with E-state index in [-0.39, 0.29) is 4.90 Å². The molecule has 0 amide bonds. The van der Waals surface area contributed by atoms with Gasteiger partial charge < -0.3 is 19.9 Å². The van der Waals surface area contributed by atoms with Gasteiger partial charge in [0.05, 0.1) is 17.7 Å². The van der Waals surface area contributed by atoms with Crippen LogP contribution in [0.15, 0.2) is 47.5 Å². The van der Waals surface area contributed by atoms with Gasteiger partial charge in [0.15, 0.2) is 0 Å². The van der Waals surface area contributed by atoms with Crippen LogP contribution in [-0.4, -0.2) is 53.2 Å². The van der Waals surface area contributed by atoms with E-state index >= 15 is 0 Å². The van der Waals surface area contributed by atoms with Crippen LogP contribution < -0.4 is 19.7 Å². The number of piperazine rings is 1. The van der Waals surface area contributed by atoms with Gasteiger partial charge in [-0.15, -0.1) is 0 Å². The zero-order chi connectivity index (χ0) is 21.1. The average Bonchev–Trinajstić information content (AvgIpc) is 3.15. The van der Waals surface area contributed by atoms with E-state index < -0.39 is 10.0 Å². The summed E-state index contributed by atoms with van der Waals surface area (Å²) in [5.41, 5.74) is 2.78. The summed E-state index contributed by atoms with van der Waals surface area (Å²) in [6, 6.07) is 10.6. The molecule has 30 heavy (non-hydrogen) atoms. The van der Waals surface area contributed by atoms with Crippen molar-refractivity contribution in [1.29, 1.82) is 0 Å². The molecule has 0 saturated carbocycles. The zero-order valence-electron chi connectivity index (χ0n) is 16.7. The van der Waals surface area contributed by atoms with Crippen molar-refractivity contribution in [1.82, 2.24) is 15.0 Å². The lowest BCUT2D eigenvalue weighted by Gasteiger charge is -2.30. The number of sulfonamides is 1. The molecule has 3 N–H and O–H groups in total. The summed E-state index contributed by atoms with van der Waals surface area (Å²) >= 11 is 6.02. The molecule has 2 heterocycles. The summed E-state index contributed by atoms with van der Waals surface area (Å²) in [4.78, 5) is 5.56. The van der Waals surface area contributed by atoms with Crippen LogP contribution in [0, 0.1) is 0 Å². The lowest BCUT2D eigenvalue weighted by Crippen LogP contribution is -2.43. The molecular formula is C21H25ClN4O3S. The van der Waals surface area contributed by atoms with E-state index in [1.165, 1.54) is 0 Å². The van der Waals surface area contributed by atoms with Gasteiger partial charge in [0.25, 0.3) is 0 Å². The molecule has 0 atom stereocenters. The molecule has 4 rings (SSSR count). The lowest BCUT2D eigenvalue weighted by molar-refractivity contribution is 0.412. The van der Waals surface area contributed by atoms with Gasteiger partial charge in [-0.1, -0.05) is 17.7 Å². The van der Waals surface area contributed by atoms with Gasteiger partial charge in [-0.3, -0.25) is 0 Å². The zero-order valence-corrected chi connectivity index (χ0v) is 18.3. The molecule has 3 aromatic rings. The molecule has 1 fully saturated rings. The smallest absolute Gasteiger partial charge is 0.240 e. The normalized spacial score (nSPS) is 14.9. The Bertz CT molecular complexity index is 1140. The van der Waals surface area contributed by atoms with Crippen LogP contribution in [0.2, 0.25) is 5.02 Å². The third-order valence-electron chi connectivity index (χ3n) is 5.33. The van der Waals surface area contributed by atoms with E-state index in [0.29, 0.717) is 23.7 Å². The fraction of sp³-hybridized carbons (Fsp3) is 0.333. The van der Waals surface area contributed by atoms with Crippen molar-refractivity contribution in [3.8, 4) is 5.75 Å². The largest absolute Gasteiger partial charge is 0.495 e. The van der Waals surface area contributed by atoms with E-state index in [2.05, 4.69) is 19.9 Å². The number of hydrogen-bond acceptors (Lipinski definition) is 5. The maximum absolute atomic E-state index is 12.9. The summed E-state index contributed by atoms with van der Waals surface area (Å²) < 4.78 is 34.0. The van der Waals surface area contributed by atoms with E-state index in [1.807, 2.05) is 24.4 Å². The fourth-order valence-electron chi connectivity index (χ4n) is 3.76. The predicted molar refractivity (Wildman–Crippen MR) is 120 cm³/mol. The molecular weight excluding hydrogens is 424 g/mol. The highest BCUT2D eigenvalue weighted by Gasteiger charge is 2.20.